The largest absolute Gasteiger partial charge is 0.451 e. The zero-order valence-electron chi connectivity index (χ0n) is 10.8. The van der Waals surface area contributed by atoms with Crippen molar-refractivity contribution in [1.29, 1.82) is 0 Å². The number of anilines is 2. The molecule has 0 aliphatic heterocycles. The lowest BCUT2D eigenvalue weighted by Crippen LogP contribution is -2.34. The van der Waals surface area contributed by atoms with Crippen molar-refractivity contribution < 1.29 is 17.9 Å². The molecule has 1 aromatic rings. The molecule has 0 aromatic carbocycles. The first-order valence-corrected chi connectivity index (χ1v) is 5.44. The fourth-order valence-corrected chi connectivity index (χ4v) is 1.39. The van der Waals surface area contributed by atoms with E-state index in [1.54, 1.807) is 18.9 Å². The number of rotatable bonds is 5. The number of ether oxygens (including phenoxy) is 1. The highest BCUT2D eigenvalue weighted by atomic mass is 19.4. The van der Waals surface area contributed by atoms with Gasteiger partial charge in [-0.15, -0.1) is 0 Å². The number of hydrogen-bond acceptors (Lipinski definition) is 6. The van der Waals surface area contributed by atoms with Gasteiger partial charge in [0, 0.05) is 20.2 Å². The Bertz CT molecular complexity index is 426. The lowest BCUT2D eigenvalue weighted by atomic mass is 10.3. The number of nitrogens with zero attached hydrogens (tertiary/aromatic N) is 3. The maximum atomic E-state index is 12.7. The third-order valence-corrected chi connectivity index (χ3v) is 2.54. The molecule has 19 heavy (non-hydrogen) atoms. The number of alkyl halides is 3. The standard InChI is InChI=1S/C10H16F3N5O/c1-6(5-19-3)18(2)8-4-7(17-14)15-9(16-8)10(11,12)13/h4,6H,5,14H2,1-3H3,(H,15,16,17). The van der Waals surface area contributed by atoms with Gasteiger partial charge in [-0.05, 0) is 6.92 Å². The molecule has 0 bridgehead atoms. The SMILES string of the molecule is COCC(C)N(C)c1cc(NN)nc(C(F)(F)F)n1. The first kappa shape index (κ1) is 15.4. The van der Waals surface area contributed by atoms with Crippen LogP contribution < -0.4 is 16.2 Å². The Balaban J connectivity index is 3.13. The first-order chi connectivity index (χ1) is 8.79. The molecule has 1 heterocycles. The molecule has 9 heteroatoms. The number of nitrogens with one attached hydrogen (secondary N) is 1. The number of likely N-dealkylation sites (N-methyl/N-ethyl adjacent to an activating group) is 1. The zero-order valence-corrected chi connectivity index (χ0v) is 10.8. The van der Waals surface area contributed by atoms with Gasteiger partial charge in [-0.25, -0.2) is 15.8 Å². The molecule has 0 aliphatic rings. The molecule has 108 valence electrons. The molecule has 1 atom stereocenters. The molecule has 0 amide bonds. The Morgan fingerprint density at radius 2 is 2.11 bits per heavy atom. The Kier molecular flexibility index (Phi) is 4.90. The molecule has 0 radical (unpaired) electrons. The average molecular weight is 279 g/mol. The molecule has 3 N–H and O–H groups in total. The molecular formula is C10H16F3N5O. The van der Waals surface area contributed by atoms with E-state index in [2.05, 4.69) is 15.4 Å². The topological polar surface area (TPSA) is 76.3 Å². The Labute approximate surface area is 108 Å². The van der Waals surface area contributed by atoms with Crippen LogP contribution >= 0.6 is 0 Å². The summed E-state index contributed by atoms with van der Waals surface area (Å²) in [5, 5.41) is 0. The number of halogens is 3. The molecule has 0 saturated heterocycles. The van der Waals surface area contributed by atoms with E-state index in [1.807, 2.05) is 0 Å². The summed E-state index contributed by atoms with van der Waals surface area (Å²) in [5.41, 5.74) is 2.10. The van der Waals surface area contributed by atoms with E-state index in [1.165, 1.54) is 13.2 Å². The summed E-state index contributed by atoms with van der Waals surface area (Å²) in [5.74, 6) is 3.88. The lowest BCUT2D eigenvalue weighted by molar-refractivity contribution is -0.144. The van der Waals surface area contributed by atoms with Crippen molar-refractivity contribution in [3.05, 3.63) is 11.9 Å². The maximum Gasteiger partial charge on any atom is 0.451 e. The summed E-state index contributed by atoms with van der Waals surface area (Å²) in [6.07, 6.45) is -4.63. The minimum atomic E-state index is -4.63. The highest BCUT2D eigenvalue weighted by Crippen LogP contribution is 2.29. The first-order valence-electron chi connectivity index (χ1n) is 5.44. The molecule has 0 saturated carbocycles. The second-order valence-corrected chi connectivity index (χ2v) is 3.99. The van der Waals surface area contributed by atoms with Gasteiger partial charge in [0.15, 0.2) is 0 Å². The van der Waals surface area contributed by atoms with E-state index in [0.717, 1.165) is 0 Å². The van der Waals surface area contributed by atoms with Crippen molar-refractivity contribution >= 4 is 11.6 Å². The van der Waals surface area contributed by atoms with E-state index in [4.69, 9.17) is 10.6 Å². The second kappa shape index (κ2) is 6.02. The van der Waals surface area contributed by atoms with Crippen LogP contribution in [0.5, 0.6) is 0 Å². The van der Waals surface area contributed by atoms with E-state index in [9.17, 15) is 13.2 Å². The average Bonchev–Trinajstić information content (AvgIpc) is 2.36. The minimum absolute atomic E-state index is 0.103. The predicted molar refractivity (Wildman–Crippen MR) is 64.6 cm³/mol. The molecule has 1 aromatic heterocycles. The van der Waals surface area contributed by atoms with E-state index < -0.39 is 12.0 Å². The summed E-state index contributed by atoms with van der Waals surface area (Å²) >= 11 is 0. The van der Waals surface area contributed by atoms with Crippen LogP contribution in [-0.2, 0) is 10.9 Å². The van der Waals surface area contributed by atoms with Crippen LogP contribution in [-0.4, -0.2) is 36.8 Å². The molecule has 1 unspecified atom stereocenters. The van der Waals surface area contributed by atoms with Crippen LogP contribution in [0.2, 0.25) is 0 Å². The van der Waals surface area contributed by atoms with Crippen molar-refractivity contribution in [3.63, 3.8) is 0 Å². The third-order valence-electron chi connectivity index (χ3n) is 2.54. The molecule has 0 fully saturated rings. The maximum absolute atomic E-state index is 12.7. The van der Waals surface area contributed by atoms with E-state index in [0.29, 0.717) is 6.61 Å². The molecular weight excluding hydrogens is 263 g/mol. The number of nitrogens with two attached hydrogens (primary N) is 1. The van der Waals surface area contributed by atoms with Gasteiger partial charge in [0.1, 0.15) is 11.6 Å². The monoisotopic (exact) mass is 279 g/mol. The van der Waals surface area contributed by atoms with Crippen LogP contribution in [0.3, 0.4) is 0 Å². The van der Waals surface area contributed by atoms with Crippen LogP contribution in [0.4, 0.5) is 24.8 Å². The summed E-state index contributed by atoms with van der Waals surface area (Å²) in [4.78, 5) is 8.33. The molecule has 0 spiro atoms. The number of hydrazine groups is 1. The fraction of sp³-hybridized carbons (Fsp3) is 0.600. The van der Waals surface area contributed by atoms with Gasteiger partial charge < -0.3 is 15.1 Å². The summed E-state index contributed by atoms with van der Waals surface area (Å²) in [6, 6.07) is 1.19. The van der Waals surface area contributed by atoms with Gasteiger partial charge in [-0.3, -0.25) is 0 Å². The van der Waals surface area contributed by atoms with Gasteiger partial charge in [-0.1, -0.05) is 0 Å². The van der Waals surface area contributed by atoms with Crippen molar-refractivity contribution in [3.8, 4) is 0 Å². The van der Waals surface area contributed by atoms with Crippen molar-refractivity contribution in [2.24, 2.45) is 5.84 Å². The van der Waals surface area contributed by atoms with Crippen LogP contribution in [0.1, 0.15) is 12.7 Å². The normalized spacial score (nSPS) is 13.2. The van der Waals surface area contributed by atoms with Gasteiger partial charge in [0.2, 0.25) is 5.82 Å². The lowest BCUT2D eigenvalue weighted by Gasteiger charge is -2.26. The molecule has 6 nitrogen and oxygen atoms in total. The number of hydrogen-bond donors (Lipinski definition) is 2. The van der Waals surface area contributed by atoms with E-state index in [-0.39, 0.29) is 17.7 Å². The smallest absolute Gasteiger partial charge is 0.383 e. The third kappa shape index (κ3) is 3.93. The van der Waals surface area contributed by atoms with Gasteiger partial charge >= 0.3 is 6.18 Å². The van der Waals surface area contributed by atoms with E-state index >= 15 is 0 Å². The van der Waals surface area contributed by atoms with Gasteiger partial charge in [0.05, 0.1) is 12.6 Å². The highest BCUT2D eigenvalue weighted by Gasteiger charge is 2.36. The fourth-order valence-electron chi connectivity index (χ4n) is 1.39. The number of methoxy groups -OCH3 is 1. The van der Waals surface area contributed by atoms with Crippen molar-refractivity contribution in [2.75, 3.05) is 31.1 Å². The minimum Gasteiger partial charge on any atom is -0.383 e. The summed E-state index contributed by atoms with van der Waals surface area (Å²) < 4.78 is 42.9. The Hall–Kier alpha value is -1.61. The Morgan fingerprint density at radius 1 is 1.47 bits per heavy atom. The summed E-state index contributed by atoms with van der Waals surface area (Å²) in [7, 11) is 3.13. The highest BCUT2D eigenvalue weighted by molar-refractivity contribution is 5.49. The van der Waals surface area contributed by atoms with Gasteiger partial charge in [0.25, 0.3) is 0 Å². The van der Waals surface area contributed by atoms with Crippen LogP contribution in [0, 0.1) is 0 Å². The number of aromatic nitrogens is 2. The number of nitrogen functional groups attached to an aromatic ring is 1. The van der Waals surface area contributed by atoms with Crippen LogP contribution in [0.25, 0.3) is 0 Å². The van der Waals surface area contributed by atoms with Gasteiger partial charge in [-0.2, -0.15) is 13.2 Å². The summed E-state index contributed by atoms with van der Waals surface area (Å²) in [6.45, 7) is 2.15. The van der Waals surface area contributed by atoms with Crippen LogP contribution in [0.15, 0.2) is 6.07 Å². The van der Waals surface area contributed by atoms with Crippen molar-refractivity contribution in [1.82, 2.24) is 9.97 Å². The predicted octanol–water partition coefficient (Wildman–Crippen LogP) is 1.25. The van der Waals surface area contributed by atoms with Crippen molar-refractivity contribution in [2.45, 2.75) is 19.1 Å². The Morgan fingerprint density at radius 3 is 2.58 bits per heavy atom. The molecule has 1 rings (SSSR count). The zero-order chi connectivity index (χ0) is 14.6. The second-order valence-electron chi connectivity index (χ2n) is 3.99. The quantitative estimate of drug-likeness (QED) is 0.624. The molecule has 0 aliphatic carbocycles.